The van der Waals surface area contributed by atoms with Crippen LogP contribution in [0, 0.1) is 0 Å². The second-order valence-electron chi connectivity index (χ2n) is 32.9. The largest absolute Gasteiger partial charge is 0.463 e. The van der Waals surface area contributed by atoms with Gasteiger partial charge in [-0.25, -0.2) is 0 Å². The van der Waals surface area contributed by atoms with Gasteiger partial charge in [0.25, 0.3) is 0 Å². The Bertz CT molecular complexity index is 4630. The lowest BCUT2D eigenvalue weighted by Gasteiger charge is -2.57. The summed E-state index contributed by atoms with van der Waals surface area (Å²) in [5, 5.41) is 14.4. The molecule has 57 nitrogen and oxygen atoms in total. The Morgan fingerprint density at radius 3 is 0.632 bits per heavy atom. The van der Waals surface area contributed by atoms with E-state index >= 15 is 0 Å². The summed E-state index contributed by atoms with van der Waals surface area (Å²) in [7, 11) is 0. The summed E-state index contributed by atoms with van der Waals surface area (Å²) in [5.41, 5.74) is -5.14. The summed E-state index contributed by atoms with van der Waals surface area (Å²) in [6.45, 7) is 10.8. The van der Waals surface area contributed by atoms with E-state index < -0.39 is 391 Å². The fourth-order valence-electron chi connectivity index (χ4n) is 16.3. The fourth-order valence-corrected chi connectivity index (χ4v) is 16.7. The highest BCUT2D eigenvalue weighted by atomic mass is 32.1. The van der Waals surface area contributed by atoms with E-state index in [1.54, 1.807) is 0 Å². The lowest BCUT2D eigenvalue weighted by molar-refractivity contribution is -0.404. The number of aliphatic hydroxyl groups is 1. The molecule has 808 valence electrons. The molecule has 7 rings (SSSR count). The van der Waals surface area contributed by atoms with E-state index in [2.05, 4.69) is 12.6 Å². The third-order valence-corrected chi connectivity index (χ3v) is 21.4. The zero-order valence-corrected chi connectivity index (χ0v) is 82.7. The fraction of sp³-hybridized carbons (Fsp3) is 0.744. The van der Waals surface area contributed by atoms with Crippen molar-refractivity contribution in [3.8, 4) is 0 Å². The van der Waals surface area contributed by atoms with Crippen molar-refractivity contribution in [3.05, 3.63) is 0 Å². The van der Waals surface area contributed by atoms with Crippen LogP contribution >= 0.6 is 12.6 Å². The number of esters is 22. The number of hydrogen-bond acceptors (Lipinski definition) is 58. The minimum absolute atomic E-state index is 0.693. The average Bonchev–Trinajstić information content (AvgIpc) is 0.708. The monoisotopic (exact) mass is 2090 g/mol. The Labute approximate surface area is 824 Å². The Morgan fingerprint density at radius 1 is 0.194 bits per heavy atom. The van der Waals surface area contributed by atoms with Crippen LogP contribution in [0.5, 0.6) is 0 Å². The van der Waals surface area contributed by atoms with Gasteiger partial charge < -0.3 is 166 Å². The zero-order chi connectivity index (χ0) is 108. The normalized spacial score (nSPS) is 33.8. The predicted octanol–water partition coefficient (Wildman–Crippen LogP) is -3.39. The molecule has 58 heteroatoms. The van der Waals surface area contributed by atoms with Gasteiger partial charge in [-0.05, 0) is 0 Å². The predicted molar refractivity (Wildman–Crippen MR) is 449 cm³/mol. The highest BCUT2D eigenvalue weighted by Crippen LogP contribution is 2.48. The van der Waals surface area contributed by atoms with Crippen LogP contribution in [0.4, 0.5) is 0 Å². The maximum Gasteiger partial charge on any atom is 0.303 e. The molecule has 35 atom stereocenters. The molecule has 7 aliphatic rings. The molecule has 0 amide bonds. The van der Waals surface area contributed by atoms with E-state index in [-0.39, 0.29) is 0 Å². The molecule has 0 aromatic heterocycles. The van der Waals surface area contributed by atoms with Crippen LogP contribution in [0.2, 0.25) is 0 Å². The van der Waals surface area contributed by atoms with Gasteiger partial charge in [0.15, 0.2) is 129 Å². The van der Waals surface area contributed by atoms with Crippen molar-refractivity contribution < 1.29 is 272 Å². The molecule has 0 aliphatic carbocycles. The third-order valence-electron chi connectivity index (χ3n) is 21.0. The number of hydrogen-bond donors (Lipinski definition) is 2. The highest BCUT2D eigenvalue weighted by Gasteiger charge is 2.72. The average molecular weight is 2090 g/mol. The van der Waals surface area contributed by atoms with Crippen LogP contribution in [0.25, 0.3) is 0 Å². The van der Waals surface area contributed by atoms with Crippen LogP contribution in [-0.4, -0.2) is 396 Å². The quantitative estimate of drug-likeness (QED) is 0.0343. The van der Waals surface area contributed by atoms with E-state index in [9.17, 15) is 111 Å². The Kier molecular flexibility index (Phi) is 44.5. The minimum Gasteiger partial charge on any atom is -0.463 e. The third kappa shape index (κ3) is 33.9. The first-order valence-electron chi connectivity index (χ1n) is 44.1. The second-order valence-corrected chi connectivity index (χ2v) is 33.4. The van der Waals surface area contributed by atoms with Gasteiger partial charge in [-0.2, -0.15) is 0 Å². The standard InChI is InChI=1S/C86H116O57S/c1-30(87)110-23-52-60(139-80-72(125-45(16)102)66(119-39(10)96)59(117-37(8)94)53(133-80)24-111-31(2)88)65(118-38(9)95)71(124-44(15)101)78(132-52)86(109)58(29-116-36(7)93)138-84(77(130-50(21)107)79(86)131-51(22)108)143-63-56(27-114-34(5)91)136-82(75(128-48(19)105)69(63)122-42(13)99)141-61-54(25-112-32(3)89)134-81(73(126-46(17)103)67(61)120-40(11)97)140-62-55(26-113-33(4)90)135-83(74(127-47(18)104)68(62)121-41(12)98)142-64-57(28-115-35(6)92)137-85(144)76(129-49(20)106)70(64)123-43(14)100/h52-85,109,144H,23-29H2,1-22H3/t52-,53-,54-,55-,56-,57-,58-,59-,60-,61-,62-,63-,64-,65+,66+,67+,68+,69+,70+,71-,72-,73-,74-,75-,76-,77-,78-,79-,80+,81+,82+,83+,84+,85+,86+/m1/s1. The molecule has 7 saturated heterocycles. The molecule has 7 aliphatic heterocycles. The van der Waals surface area contributed by atoms with Crippen molar-refractivity contribution in [3.63, 3.8) is 0 Å². The molecule has 0 saturated carbocycles. The molecule has 0 bridgehead atoms. The molecule has 7 heterocycles. The number of carbonyl (C=O) groups excluding carboxylic acids is 22. The van der Waals surface area contributed by atoms with E-state index in [1.165, 1.54) is 0 Å². The number of rotatable bonds is 40. The van der Waals surface area contributed by atoms with E-state index in [0.29, 0.717) is 13.8 Å². The second kappa shape index (κ2) is 53.8. The SMILES string of the molecule is CC(=O)OC[C@H]1O[C@@H](S)[C@H](OC(C)=O)[C@@H](OC(C)=O)[C@@H]1O[C@@H]1O[C@H](COC(C)=O)[C@@H](O[C@@H]2O[C@H](COC(C)=O)[C@@H](O[C@@H]3O[C@H](COC(C)=O)[C@@H](O[C@@H]4O[C@H](COC(C)=O)[C@](O)([C@@H]5O[C@H](COC(C)=O)[C@@H](O[C@@H]6O[C@H](COC(C)=O)[C@@H](OC(C)=O)[C@H](OC(C)=O)[C@H]6OC(C)=O)[C@H](OC(C)=O)[C@H]5OC(C)=O)[C@H](OC(C)=O)[C@H]4OC(C)=O)[C@H](OC(C)=O)[C@H]3OC(C)=O)[C@H](OC(C)=O)[C@H]2OC(C)=O)[C@H](OC(C)=O)[C@H]1OC(C)=O. The van der Waals surface area contributed by atoms with Crippen LogP contribution in [-0.2, 0) is 267 Å². The van der Waals surface area contributed by atoms with Crippen LogP contribution in [0.3, 0.4) is 0 Å². The van der Waals surface area contributed by atoms with Gasteiger partial charge in [0.05, 0.1) is 0 Å². The maximum atomic E-state index is 14.4. The molecular weight excluding hydrogens is 1980 g/mol. The summed E-state index contributed by atoms with van der Waals surface area (Å²) in [6.07, 6.45) is -74.9. The molecule has 0 unspecified atom stereocenters. The number of ether oxygens (including phenoxy) is 34. The van der Waals surface area contributed by atoms with Gasteiger partial charge in [-0.15, -0.1) is 12.6 Å². The van der Waals surface area contributed by atoms with Crippen molar-refractivity contribution in [2.75, 3.05) is 46.2 Å². The van der Waals surface area contributed by atoms with E-state index in [4.69, 9.17) is 161 Å². The summed E-state index contributed by atoms with van der Waals surface area (Å²) in [4.78, 5) is 294. The van der Waals surface area contributed by atoms with Gasteiger partial charge in [-0.1, -0.05) is 0 Å². The first-order chi connectivity index (χ1) is 67.3. The van der Waals surface area contributed by atoms with E-state index in [0.717, 1.165) is 138 Å². The summed E-state index contributed by atoms with van der Waals surface area (Å²) >= 11 is 4.40. The van der Waals surface area contributed by atoms with Gasteiger partial charge in [0.2, 0.25) is 0 Å². The summed E-state index contributed by atoms with van der Waals surface area (Å²) < 4.78 is 203. The Morgan fingerprint density at radius 2 is 0.375 bits per heavy atom. The van der Waals surface area contributed by atoms with Gasteiger partial charge in [-0.3, -0.25) is 105 Å². The lowest BCUT2D eigenvalue weighted by atomic mass is 9.74. The Balaban J connectivity index is 1.43. The van der Waals surface area contributed by atoms with Gasteiger partial charge >= 0.3 is 131 Å². The van der Waals surface area contributed by atoms with Crippen molar-refractivity contribution in [1.82, 2.24) is 0 Å². The minimum atomic E-state index is -3.64. The summed E-state index contributed by atoms with van der Waals surface area (Å²) in [6, 6.07) is 0. The van der Waals surface area contributed by atoms with Crippen LogP contribution in [0.1, 0.15) is 152 Å². The Hall–Kier alpha value is -11.8. The molecule has 0 aromatic rings. The highest BCUT2D eigenvalue weighted by molar-refractivity contribution is 7.80. The molecule has 1 N–H and O–H groups in total. The zero-order valence-electron chi connectivity index (χ0n) is 81.8. The van der Waals surface area contributed by atoms with Gasteiger partial charge in [0.1, 0.15) is 131 Å². The molecule has 144 heavy (non-hydrogen) atoms. The maximum absolute atomic E-state index is 14.4. The molecule has 7 fully saturated rings. The number of thiol groups is 1. The first kappa shape index (κ1) is 119. The molecule has 0 aromatic carbocycles. The molecular formula is C86H116O57S. The van der Waals surface area contributed by atoms with E-state index in [1.807, 2.05) is 0 Å². The lowest BCUT2D eigenvalue weighted by Crippen LogP contribution is -2.79. The molecule has 0 radical (unpaired) electrons. The molecule has 0 spiro atoms. The van der Waals surface area contributed by atoms with Crippen LogP contribution in [0.15, 0.2) is 0 Å². The topological polar surface area (TPSA) is 710 Å². The summed E-state index contributed by atoms with van der Waals surface area (Å²) in [5.74, 6) is -26.6. The van der Waals surface area contributed by atoms with Crippen LogP contribution < -0.4 is 0 Å². The van der Waals surface area contributed by atoms with Gasteiger partial charge in [0, 0.05) is 152 Å². The smallest absolute Gasteiger partial charge is 0.303 e. The van der Waals surface area contributed by atoms with Crippen molar-refractivity contribution >= 4 is 144 Å². The van der Waals surface area contributed by atoms with Crippen molar-refractivity contribution in [2.24, 2.45) is 0 Å². The van der Waals surface area contributed by atoms with Crippen molar-refractivity contribution in [2.45, 2.75) is 366 Å². The number of carbonyl (C=O) groups is 22. The first-order valence-corrected chi connectivity index (χ1v) is 44.6. The van der Waals surface area contributed by atoms with Crippen molar-refractivity contribution in [1.29, 1.82) is 0 Å².